The molecule has 0 radical (unpaired) electrons. The van der Waals surface area contributed by atoms with E-state index in [0.29, 0.717) is 41.7 Å². The van der Waals surface area contributed by atoms with Gasteiger partial charge in [-0.15, -0.1) is 0 Å². The van der Waals surface area contributed by atoms with Crippen molar-refractivity contribution in [2.75, 3.05) is 20.3 Å². The number of carbonyl (C=O) groups is 1. The van der Waals surface area contributed by atoms with Crippen molar-refractivity contribution >= 4 is 17.2 Å². The van der Waals surface area contributed by atoms with Crippen LogP contribution in [0.25, 0.3) is 10.9 Å². The quantitative estimate of drug-likeness (QED) is 0.791. The SMILES string of the molecule is COc1ccc2c(C=O)cc(=O)n(CC3OCCO3)c2c1. The van der Waals surface area contributed by atoms with Crippen LogP contribution in [0.2, 0.25) is 0 Å². The van der Waals surface area contributed by atoms with Gasteiger partial charge in [-0.3, -0.25) is 9.59 Å². The highest BCUT2D eigenvalue weighted by Gasteiger charge is 2.19. The van der Waals surface area contributed by atoms with Gasteiger partial charge in [0.2, 0.25) is 0 Å². The largest absolute Gasteiger partial charge is 0.497 e. The summed E-state index contributed by atoms with van der Waals surface area (Å²) in [5, 5.41) is 0.698. The monoisotopic (exact) mass is 289 g/mol. The summed E-state index contributed by atoms with van der Waals surface area (Å²) in [6.07, 6.45) is 0.238. The molecule has 1 aliphatic rings. The van der Waals surface area contributed by atoms with Gasteiger partial charge in [0.25, 0.3) is 5.56 Å². The van der Waals surface area contributed by atoms with E-state index in [1.807, 2.05) is 0 Å². The van der Waals surface area contributed by atoms with Crippen molar-refractivity contribution in [3.63, 3.8) is 0 Å². The Morgan fingerprint density at radius 2 is 2.10 bits per heavy atom. The summed E-state index contributed by atoms with van der Waals surface area (Å²) in [6.45, 7) is 1.32. The molecule has 0 bridgehead atoms. The highest BCUT2D eigenvalue weighted by Crippen LogP contribution is 2.22. The zero-order valence-corrected chi connectivity index (χ0v) is 11.6. The van der Waals surface area contributed by atoms with Crippen molar-refractivity contribution in [2.45, 2.75) is 12.8 Å². The van der Waals surface area contributed by atoms with Crippen LogP contribution >= 0.6 is 0 Å². The molecule has 1 aromatic carbocycles. The lowest BCUT2D eigenvalue weighted by Crippen LogP contribution is -2.27. The molecule has 0 unspecified atom stereocenters. The lowest BCUT2D eigenvalue weighted by Gasteiger charge is -2.15. The Morgan fingerprint density at radius 3 is 2.76 bits per heavy atom. The van der Waals surface area contributed by atoms with Crippen molar-refractivity contribution in [2.24, 2.45) is 0 Å². The molecule has 0 aliphatic carbocycles. The maximum absolute atomic E-state index is 12.3. The summed E-state index contributed by atoms with van der Waals surface area (Å²) in [5.74, 6) is 0.618. The maximum atomic E-state index is 12.3. The maximum Gasteiger partial charge on any atom is 0.251 e. The fraction of sp³-hybridized carbons (Fsp3) is 0.333. The van der Waals surface area contributed by atoms with Gasteiger partial charge < -0.3 is 18.8 Å². The fourth-order valence-electron chi connectivity index (χ4n) is 2.46. The average molecular weight is 289 g/mol. The summed E-state index contributed by atoms with van der Waals surface area (Å²) in [5.41, 5.74) is 0.724. The van der Waals surface area contributed by atoms with E-state index in [2.05, 4.69) is 0 Å². The number of aromatic nitrogens is 1. The molecule has 0 atom stereocenters. The summed E-state index contributed by atoms with van der Waals surface area (Å²) in [7, 11) is 1.55. The second-order valence-corrected chi connectivity index (χ2v) is 4.72. The predicted octanol–water partition coefficient (Wildman–Crippen LogP) is 1.20. The number of pyridine rings is 1. The van der Waals surface area contributed by atoms with E-state index in [1.165, 1.54) is 6.07 Å². The van der Waals surface area contributed by atoms with Crippen molar-refractivity contribution in [3.8, 4) is 5.75 Å². The molecule has 1 fully saturated rings. The van der Waals surface area contributed by atoms with Gasteiger partial charge in [0, 0.05) is 23.1 Å². The lowest BCUT2D eigenvalue weighted by molar-refractivity contribution is -0.0522. The Bertz CT molecular complexity index is 731. The number of ether oxygens (including phenoxy) is 3. The highest BCUT2D eigenvalue weighted by molar-refractivity contribution is 5.96. The molecule has 2 aromatic rings. The second-order valence-electron chi connectivity index (χ2n) is 4.72. The molecule has 1 aliphatic heterocycles. The Kier molecular flexibility index (Phi) is 3.72. The third-order valence-electron chi connectivity index (χ3n) is 3.50. The first kappa shape index (κ1) is 13.8. The zero-order valence-electron chi connectivity index (χ0n) is 11.6. The minimum absolute atomic E-state index is 0.267. The van der Waals surface area contributed by atoms with Crippen LogP contribution in [-0.4, -0.2) is 37.5 Å². The smallest absolute Gasteiger partial charge is 0.251 e. The van der Waals surface area contributed by atoms with Crippen LogP contribution in [-0.2, 0) is 16.0 Å². The normalized spacial score (nSPS) is 15.5. The second kappa shape index (κ2) is 5.67. The first-order valence-electron chi connectivity index (χ1n) is 6.63. The molecule has 1 saturated heterocycles. The van der Waals surface area contributed by atoms with Gasteiger partial charge in [-0.1, -0.05) is 0 Å². The summed E-state index contributed by atoms with van der Waals surface area (Å²) >= 11 is 0. The number of rotatable bonds is 4. The van der Waals surface area contributed by atoms with Gasteiger partial charge >= 0.3 is 0 Å². The van der Waals surface area contributed by atoms with Crippen molar-refractivity contribution in [3.05, 3.63) is 40.2 Å². The van der Waals surface area contributed by atoms with Gasteiger partial charge in [-0.25, -0.2) is 0 Å². The topological polar surface area (TPSA) is 66.8 Å². The molecule has 0 amide bonds. The van der Waals surface area contributed by atoms with Crippen LogP contribution in [0.3, 0.4) is 0 Å². The van der Waals surface area contributed by atoms with Crippen LogP contribution in [0.5, 0.6) is 5.75 Å². The van der Waals surface area contributed by atoms with Crippen molar-refractivity contribution < 1.29 is 19.0 Å². The third-order valence-corrected chi connectivity index (χ3v) is 3.50. The molecule has 21 heavy (non-hydrogen) atoms. The molecule has 2 heterocycles. The molecule has 0 spiro atoms. The highest BCUT2D eigenvalue weighted by atomic mass is 16.7. The van der Waals surface area contributed by atoms with E-state index in [4.69, 9.17) is 14.2 Å². The van der Waals surface area contributed by atoms with E-state index in [0.717, 1.165) is 0 Å². The van der Waals surface area contributed by atoms with Crippen LogP contribution in [0, 0.1) is 0 Å². The summed E-state index contributed by atoms with van der Waals surface area (Å²) < 4.78 is 17.5. The molecule has 6 heteroatoms. The Balaban J connectivity index is 2.18. The van der Waals surface area contributed by atoms with Crippen LogP contribution in [0.4, 0.5) is 0 Å². The molecule has 3 rings (SSSR count). The number of benzene rings is 1. The molecule has 110 valence electrons. The standard InChI is InChI=1S/C15H15NO5/c1-19-11-2-3-12-10(9-17)6-14(18)16(13(12)7-11)8-15-20-4-5-21-15/h2-3,6-7,9,15H,4-5,8H2,1H3. The van der Waals surface area contributed by atoms with E-state index < -0.39 is 6.29 Å². The van der Waals surface area contributed by atoms with Crippen molar-refractivity contribution in [1.82, 2.24) is 4.57 Å². The van der Waals surface area contributed by atoms with E-state index in [-0.39, 0.29) is 12.1 Å². The molecule has 0 saturated carbocycles. The first-order valence-corrected chi connectivity index (χ1v) is 6.63. The van der Waals surface area contributed by atoms with Gasteiger partial charge in [-0.05, 0) is 12.1 Å². The minimum Gasteiger partial charge on any atom is -0.497 e. The number of hydrogen-bond acceptors (Lipinski definition) is 5. The van der Waals surface area contributed by atoms with Gasteiger partial charge in [0.1, 0.15) is 5.75 Å². The number of fused-ring (bicyclic) bond motifs is 1. The fourth-order valence-corrected chi connectivity index (χ4v) is 2.46. The number of aldehydes is 1. The predicted molar refractivity (Wildman–Crippen MR) is 75.8 cm³/mol. The average Bonchev–Trinajstić information content (AvgIpc) is 3.02. The van der Waals surface area contributed by atoms with Gasteiger partial charge in [0.05, 0.1) is 32.4 Å². The number of carbonyl (C=O) groups excluding carboxylic acids is 1. The van der Waals surface area contributed by atoms with Crippen LogP contribution in [0.15, 0.2) is 29.1 Å². The number of hydrogen-bond donors (Lipinski definition) is 0. The minimum atomic E-state index is -0.445. The summed E-state index contributed by atoms with van der Waals surface area (Å²) in [6, 6.07) is 6.59. The van der Waals surface area contributed by atoms with Gasteiger partial charge in [-0.2, -0.15) is 0 Å². The van der Waals surface area contributed by atoms with Crippen LogP contribution in [0.1, 0.15) is 10.4 Å². The third kappa shape index (κ3) is 2.55. The van der Waals surface area contributed by atoms with E-state index in [9.17, 15) is 9.59 Å². The summed E-state index contributed by atoms with van der Waals surface area (Å²) in [4.78, 5) is 23.4. The zero-order chi connectivity index (χ0) is 14.8. The molecule has 0 N–H and O–H groups in total. The van der Waals surface area contributed by atoms with E-state index in [1.54, 1.807) is 29.9 Å². The van der Waals surface area contributed by atoms with Gasteiger partial charge in [0.15, 0.2) is 12.6 Å². The number of methoxy groups -OCH3 is 1. The Morgan fingerprint density at radius 1 is 1.33 bits per heavy atom. The molecular formula is C15H15NO5. The van der Waals surface area contributed by atoms with Crippen LogP contribution < -0.4 is 10.3 Å². The van der Waals surface area contributed by atoms with E-state index >= 15 is 0 Å². The molecule has 1 aromatic heterocycles. The molecular weight excluding hydrogens is 274 g/mol. The lowest BCUT2D eigenvalue weighted by atomic mass is 10.1. The number of nitrogens with zero attached hydrogens (tertiary/aromatic N) is 1. The van der Waals surface area contributed by atoms with Crippen molar-refractivity contribution in [1.29, 1.82) is 0 Å². The first-order chi connectivity index (χ1) is 10.2. The molecule has 6 nitrogen and oxygen atoms in total. The Hall–Kier alpha value is -2.18. The Labute approximate surface area is 120 Å².